The van der Waals surface area contributed by atoms with Gasteiger partial charge < -0.3 is 0 Å². The Morgan fingerprint density at radius 2 is 1.88 bits per heavy atom. The molecule has 0 saturated heterocycles. The van der Waals surface area contributed by atoms with Gasteiger partial charge in [-0.1, -0.05) is 25.5 Å². The second kappa shape index (κ2) is 5.16. The molecule has 0 heterocycles. The molecule has 0 aromatic carbocycles. The summed E-state index contributed by atoms with van der Waals surface area (Å²) in [5.41, 5.74) is 2.57. The minimum absolute atomic E-state index is 0.0660. The van der Waals surface area contributed by atoms with Crippen molar-refractivity contribution in [2.24, 2.45) is 34.5 Å². The Labute approximate surface area is 145 Å². The maximum absolute atomic E-state index is 12.2. The van der Waals surface area contributed by atoms with E-state index in [1.54, 1.807) is 6.92 Å². The number of ketones is 2. The molecule has 0 amide bonds. The first-order valence-electron chi connectivity index (χ1n) is 9.72. The van der Waals surface area contributed by atoms with Crippen LogP contribution < -0.4 is 0 Å². The number of allylic oxidation sites excluding steroid dienone is 4. The molecule has 0 aromatic rings. The van der Waals surface area contributed by atoms with Gasteiger partial charge in [-0.05, 0) is 87.2 Å². The zero-order chi connectivity index (χ0) is 17.3. The van der Waals surface area contributed by atoms with Crippen molar-refractivity contribution in [1.82, 2.24) is 0 Å². The van der Waals surface area contributed by atoms with Crippen molar-refractivity contribution >= 4 is 11.6 Å². The van der Waals surface area contributed by atoms with Crippen LogP contribution in [0.2, 0.25) is 0 Å². The predicted molar refractivity (Wildman–Crippen MR) is 95.4 cm³/mol. The summed E-state index contributed by atoms with van der Waals surface area (Å²) in [5, 5.41) is 0. The van der Waals surface area contributed by atoms with Crippen LogP contribution in [0.25, 0.3) is 0 Å². The number of hydrogen-bond donors (Lipinski definition) is 0. The van der Waals surface area contributed by atoms with Gasteiger partial charge in [0.1, 0.15) is 5.78 Å². The maximum atomic E-state index is 12.2. The highest BCUT2D eigenvalue weighted by Gasteiger charge is 2.59. The Balaban J connectivity index is 1.70. The van der Waals surface area contributed by atoms with Gasteiger partial charge in [0.05, 0.1) is 0 Å². The fraction of sp³-hybridized carbons (Fsp3) is 0.727. The summed E-state index contributed by atoms with van der Waals surface area (Å²) >= 11 is 0. The van der Waals surface area contributed by atoms with Crippen molar-refractivity contribution in [2.75, 3.05) is 0 Å². The second-order valence-electron chi connectivity index (χ2n) is 9.34. The van der Waals surface area contributed by atoms with Crippen LogP contribution >= 0.6 is 0 Å². The van der Waals surface area contributed by atoms with Crippen LogP contribution in [0.4, 0.5) is 0 Å². The van der Waals surface area contributed by atoms with Crippen LogP contribution in [0.5, 0.6) is 0 Å². The number of carbonyl (C=O) groups excluding carboxylic acids is 2. The van der Waals surface area contributed by atoms with Gasteiger partial charge in [0, 0.05) is 11.3 Å². The zero-order valence-electron chi connectivity index (χ0n) is 15.5. The number of rotatable bonds is 1. The number of hydrogen-bond acceptors (Lipinski definition) is 2. The molecule has 24 heavy (non-hydrogen) atoms. The number of carbonyl (C=O) groups is 2. The highest BCUT2D eigenvalue weighted by atomic mass is 16.1. The third-order valence-corrected chi connectivity index (χ3v) is 8.35. The Kier molecular flexibility index (Phi) is 3.50. The largest absolute Gasteiger partial charge is 0.300 e. The van der Waals surface area contributed by atoms with Crippen LogP contribution in [0.3, 0.4) is 0 Å². The Morgan fingerprint density at radius 3 is 2.58 bits per heavy atom. The van der Waals surface area contributed by atoms with Gasteiger partial charge in [-0.3, -0.25) is 9.59 Å². The maximum Gasteiger partial charge on any atom is 0.181 e. The molecule has 0 aromatic heterocycles. The van der Waals surface area contributed by atoms with E-state index in [4.69, 9.17) is 0 Å². The smallest absolute Gasteiger partial charge is 0.181 e. The molecule has 4 aliphatic carbocycles. The zero-order valence-corrected chi connectivity index (χ0v) is 15.5. The van der Waals surface area contributed by atoms with Crippen LogP contribution in [-0.4, -0.2) is 11.6 Å². The summed E-state index contributed by atoms with van der Waals surface area (Å²) < 4.78 is 0. The lowest BCUT2D eigenvalue weighted by molar-refractivity contribution is -0.127. The Morgan fingerprint density at radius 1 is 1.12 bits per heavy atom. The van der Waals surface area contributed by atoms with Crippen molar-refractivity contribution in [3.63, 3.8) is 0 Å². The molecule has 0 N–H and O–H groups in total. The molecule has 0 spiro atoms. The molecular formula is C22H30O2. The molecule has 2 heteroatoms. The summed E-state index contributed by atoms with van der Waals surface area (Å²) in [7, 11) is 0. The molecule has 130 valence electrons. The lowest BCUT2D eigenvalue weighted by Crippen LogP contribution is -2.50. The topological polar surface area (TPSA) is 34.1 Å². The summed E-state index contributed by atoms with van der Waals surface area (Å²) in [6, 6.07) is 0. The van der Waals surface area contributed by atoms with E-state index >= 15 is 0 Å². The van der Waals surface area contributed by atoms with Gasteiger partial charge in [0.2, 0.25) is 0 Å². The molecule has 4 rings (SSSR count). The molecule has 0 bridgehead atoms. The monoisotopic (exact) mass is 326 g/mol. The Hall–Kier alpha value is -1.18. The van der Waals surface area contributed by atoms with Gasteiger partial charge in [-0.25, -0.2) is 0 Å². The summed E-state index contributed by atoms with van der Waals surface area (Å²) in [6.45, 7) is 8.53. The van der Waals surface area contributed by atoms with Crippen LogP contribution in [0, 0.1) is 34.5 Å². The minimum atomic E-state index is 0.0660. The highest BCUT2D eigenvalue weighted by Crippen LogP contribution is 2.66. The third kappa shape index (κ3) is 2.01. The summed E-state index contributed by atoms with van der Waals surface area (Å²) in [5.74, 6) is 2.93. The fourth-order valence-electron chi connectivity index (χ4n) is 7.15. The standard InChI is InChI=1S/C22H30O2/c1-13-12-22(4)15(11-20(13)24)5-6-16-18-8-7-17(14(2)23)21(18,3)10-9-19(16)22/h11-12,16-19H,5-10H2,1-4H3/t16-,17?,18-,19-,21+,22-/m0/s1. The first-order chi connectivity index (χ1) is 11.3. The number of Topliss-reactive ketones (excluding diaryl/α,β-unsaturated/α-hetero) is 1. The fourth-order valence-corrected chi connectivity index (χ4v) is 7.15. The van der Waals surface area contributed by atoms with Crippen molar-refractivity contribution in [1.29, 1.82) is 0 Å². The van der Waals surface area contributed by atoms with Crippen molar-refractivity contribution in [2.45, 2.75) is 66.2 Å². The summed E-state index contributed by atoms with van der Waals surface area (Å²) in [4.78, 5) is 24.3. The molecule has 0 radical (unpaired) electrons. The van der Waals surface area contributed by atoms with E-state index in [1.807, 2.05) is 13.0 Å². The minimum Gasteiger partial charge on any atom is -0.300 e. The molecule has 3 fully saturated rings. The van der Waals surface area contributed by atoms with E-state index in [0.717, 1.165) is 18.4 Å². The van der Waals surface area contributed by atoms with E-state index in [0.29, 0.717) is 23.5 Å². The van der Waals surface area contributed by atoms with E-state index in [2.05, 4.69) is 19.9 Å². The summed E-state index contributed by atoms with van der Waals surface area (Å²) in [6.07, 6.45) is 11.2. The first kappa shape index (κ1) is 16.3. The van der Waals surface area contributed by atoms with Crippen LogP contribution in [0.15, 0.2) is 23.3 Å². The van der Waals surface area contributed by atoms with Gasteiger partial charge in [-0.2, -0.15) is 0 Å². The normalized spacial score (nSPS) is 47.2. The average Bonchev–Trinajstić information content (AvgIpc) is 2.86. The molecule has 3 saturated carbocycles. The quantitative estimate of drug-likeness (QED) is 0.687. The molecule has 1 unspecified atom stereocenters. The van der Waals surface area contributed by atoms with E-state index in [-0.39, 0.29) is 22.5 Å². The van der Waals surface area contributed by atoms with Crippen LogP contribution in [0.1, 0.15) is 66.2 Å². The van der Waals surface area contributed by atoms with E-state index in [9.17, 15) is 9.59 Å². The molecule has 2 nitrogen and oxygen atoms in total. The second-order valence-corrected chi connectivity index (χ2v) is 9.34. The van der Waals surface area contributed by atoms with Crippen LogP contribution in [-0.2, 0) is 9.59 Å². The van der Waals surface area contributed by atoms with Gasteiger partial charge in [-0.15, -0.1) is 0 Å². The van der Waals surface area contributed by atoms with Gasteiger partial charge >= 0.3 is 0 Å². The average molecular weight is 326 g/mol. The molecular weight excluding hydrogens is 296 g/mol. The van der Waals surface area contributed by atoms with Crippen molar-refractivity contribution in [3.05, 3.63) is 23.3 Å². The molecule has 0 aliphatic heterocycles. The molecule has 6 atom stereocenters. The molecule has 4 aliphatic rings. The lowest BCUT2D eigenvalue weighted by Gasteiger charge is -2.57. The van der Waals surface area contributed by atoms with Crippen molar-refractivity contribution < 1.29 is 9.59 Å². The Bertz CT molecular complexity index is 669. The van der Waals surface area contributed by atoms with Crippen molar-refractivity contribution in [3.8, 4) is 0 Å². The van der Waals surface area contributed by atoms with E-state index in [1.165, 1.54) is 31.3 Å². The third-order valence-electron chi connectivity index (χ3n) is 8.35. The van der Waals surface area contributed by atoms with Gasteiger partial charge in [0.25, 0.3) is 0 Å². The SMILES string of the molecule is CC(=O)C1CC[C@H]2[C@@H]3CCC4=CC(=O)C(C)=C[C@]4(C)[C@H]3CC[C@]12C. The van der Waals surface area contributed by atoms with E-state index < -0.39 is 0 Å². The lowest BCUT2D eigenvalue weighted by atomic mass is 9.47. The van der Waals surface area contributed by atoms with Gasteiger partial charge in [0.15, 0.2) is 5.78 Å². The number of fused-ring (bicyclic) bond motifs is 5. The predicted octanol–water partition coefficient (Wildman–Crippen LogP) is 4.89. The first-order valence-corrected chi connectivity index (χ1v) is 9.72. The highest BCUT2D eigenvalue weighted by molar-refractivity contribution is 6.05.